The molecule has 0 saturated carbocycles. The van der Waals surface area contributed by atoms with Gasteiger partial charge in [-0.3, -0.25) is 0 Å². The van der Waals surface area contributed by atoms with Gasteiger partial charge in [-0.25, -0.2) is 0 Å². The Morgan fingerprint density at radius 1 is 1.00 bits per heavy atom. The summed E-state index contributed by atoms with van der Waals surface area (Å²) in [5.41, 5.74) is 0. The fourth-order valence-corrected chi connectivity index (χ4v) is 11.1. The van der Waals surface area contributed by atoms with Crippen molar-refractivity contribution in [3.05, 3.63) is 0 Å². The quantitative estimate of drug-likeness (QED) is 0.749. The Bertz CT molecular complexity index is 107. The van der Waals surface area contributed by atoms with E-state index in [4.69, 9.17) is 0 Å². The summed E-state index contributed by atoms with van der Waals surface area (Å²) in [6.07, 6.45) is 0. The van der Waals surface area contributed by atoms with Gasteiger partial charge in [-0.15, -0.1) is 0 Å². The number of rotatable bonds is 3. The molecule has 1 heterocycles. The first-order valence-corrected chi connectivity index (χ1v) is 10.1. The molecule has 0 bridgehead atoms. The average Bonchev–Trinajstić information content (AvgIpc) is 2.45. The van der Waals surface area contributed by atoms with Crippen molar-refractivity contribution in [2.75, 3.05) is 26.2 Å². The third-order valence-corrected chi connectivity index (χ3v) is 13.1. The summed E-state index contributed by atoms with van der Waals surface area (Å²) >= 11 is -1.31. The van der Waals surface area contributed by atoms with Crippen molar-refractivity contribution in [1.29, 1.82) is 0 Å². The Morgan fingerprint density at radius 2 is 1.45 bits per heavy atom. The van der Waals surface area contributed by atoms with E-state index in [1.165, 1.54) is 30.4 Å². The minimum atomic E-state index is -1.31. The van der Waals surface area contributed by atoms with Crippen LogP contribution >= 0.6 is 0 Å². The van der Waals surface area contributed by atoms with Gasteiger partial charge in [-0.1, -0.05) is 0 Å². The normalized spacial score (nSPS) is 21.5. The molecular formula is C8H19InN2. The molecule has 64 valence electrons. The van der Waals surface area contributed by atoms with Crippen molar-refractivity contribution in [3.63, 3.8) is 0 Å². The number of hydrogen-bond acceptors (Lipinski definition) is 2. The minimum absolute atomic E-state index is 1.30. The zero-order valence-corrected chi connectivity index (χ0v) is 11.3. The molecule has 1 rings (SSSR count). The van der Waals surface area contributed by atoms with Gasteiger partial charge in [0.05, 0.1) is 0 Å². The van der Waals surface area contributed by atoms with E-state index in [2.05, 4.69) is 26.5 Å². The Morgan fingerprint density at radius 3 is 1.73 bits per heavy atom. The fourth-order valence-electron chi connectivity index (χ4n) is 2.04. The van der Waals surface area contributed by atoms with Crippen LogP contribution in [-0.4, -0.2) is 54.0 Å². The van der Waals surface area contributed by atoms with Crippen molar-refractivity contribution in [2.45, 2.75) is 24.9 Å². The Labute approximate surface area is 78.9 Å². The van der Waals surface area contributed by atoms with E-state index in [1.54, 1.807) is 0 Å². The van der Waals surface area contributed by atoms with Gasteiger partial charge in [0.1, 0.15) is 0 Å². The monoisotopic (exact) mass is 258 g/mol. The molecule has 0 aromatic rings. The third-order valence-electron chi connectivity index (χ3n) is 2.69. The van der Waals surface area contributed by atoms with Crippen LogP contribution in [0.1, 0.15) is 20.8 Å². The van der Waals surface area contributed by atoms with E-state index in [-0.39, 0.29) is 0 Å². The standard InChI is InChI=1S/C6H14N2.C2H5.In/c1-3-7-5-6-8-4-2;1-2;/h3-6H2,1-2H3;1H2,2H3;/q-2;;+2. The van der Waals surface area contributed by atoms with Gasteiger partial charge >= 0.3 is 78.9 Å². The molecule has 1 fully saturated rings. The molecular weight excluding hydrogens is 239 g/mol. The van der Waals surface area contributed by atoms with Crippen LogP contribution in [0, 0.1) is 0 Å². The van der Waals surface area contributed by atoms with Gasteiger partial charge < -0.3 is 0 Å². The maximum atomic E-state index is 2.77. The summed E-state index contributed by atoms with van der Waals surface area (Å²) < 4.78 is 7.01. The predicted octanol–water partition coefficient (Wildman–Crippen LogP) is 1.15. The summed E-state index contributed by atoms with van der Waals surface area (Å²) in [5, 5.41) is 0. The second-order valence-corrected chi connectivity index (χ2v) is 12.4. The molecule has 3 heteroatoms. The van der Waals surface area contributed by atoms with E-state index in [0.717, 1.165) is 0 Å². The molecule has 0 unspecified atom stereocenters. The van der Waals surface area contributed by atoms with E-state index in [0.29, 0.717) is 0 Å². The molecule has 0 spiro atoms. The first-order chi connectivity index (χ1) is 5.33. The first-order valence-electron chi connectivity index (χ1n) is 4.81. The van der Waals surface area contributed by atoms with Gasteiger partial charge in [-0.2, -0.15) is 0 Å². The Kier molecular flexibility index (Phi) is 4.24. The molecule has 0 aromatic heterocycles. The van der Waals surface area contributed by atoms with Gasteiger partial charge in [0.25, 0.3) is 0 Å². The van der Waals surface area contributed by atoms with Crippen molar-refractivity contribution >= 4 is 22.0 Å². The van der Waals surface area contributed by atoms with Gasteiger partial charge in [0, 0.05) is 0 Å². The van der Waals surface area contributed by atoms with Crippen LogP contribution in [0.2, 0.25) is 4.18 Å². The van der Waals surface area contributed by atoms with E-state index in [9.17, 15) is 0 Å². The van der Waals surface area contributed by atoms with E-state index in [1.807, 2.05) is 0 Å². The van der Waals surface area contributed by atoms with Crippen LogP contribution in [0.25, 0.3) is 0 Å². The van der Waals surface area contributed by atoms with Gasteiger partial charge in [0.2, 0.25) is 0 Å². The van der Waals surface area contributed by atoms with Crippen LogP contribution in [0.5, 0.6) is 0 Å². The number of likely N-dealkylation sites (N-methyl/N-ethyl adjacent to an activating group) is 2. The van der Waals surface area contributed by atoms with Crippen LogP contribution < -0.4 is 0 Å². The van der Waals surface area contributed by atoms with Crippen LogP contribution in [0.4, 0.5) is 0 Å². The summed E-state index contributed by atoms with van der Waals surface area (Å²) in [6.45, 7) is 12.3. The van der Waals surface area contributed by atoms with Gasteiger partial charge in [-0.05, 0) is 0 Å². The molecule has 2 nitrogen and oxygen atoms in total. The molecule has 0 radical (unpaired) electrons. The number of nitrogens with zero attached hydrogens (tertiary/aromatic N) is 2. The second-order valence-electron chi connectivity index (χ2n) is 3.15. The van der Waals surface area contributed by atoms with Crippen molar-refractivity contribution in [3.8, 4) is 0 Å². The summed E-state index contributed by atoms with van der Waals surface area (Å²) in [4.78, 5) is 0. The molecule has 1 aliphatic heterocycles. The van der Waals surface area contributed by atoms with E-state index >= 15 is 0 Å². The zero-order valence-electron chi connectivity index (χ0n) is 8.01. The predicted molar refractivity (Wildman–Crippen MR) is 50.7 cm³/mol. The molecule has 0 atom stereocenters. The third kappa shape index (κ3) is 2.13. The van der Waals surface area contributed by atoms with Gasteiger partial charge in [0.15, 0.2) is 0 Å². The summed E-state index contributed by atoms with van der Waals surface area (Å²) in [7, 11) is 0. The molecule has 0 N–H and O–H groups in total. The van der Waals surface area contributed by atoms with Crippen LogP contribution in [0.3, 0.4) is 0 Å². The maximum absolute atomic E-state index is 2.77. The fraction of sp³-hybridized carbons (Fsp3) is 1.00. The molecule has 1 saturated heterocycles. The summed E-state index contributed by atoms with van der Waals surface area (Å²) in [6, 6.07) is 0. The number of hydrogen-bond donors (Lipinski definition) is 0. The second kappa shape index (κ2) is 4.73. The van der Waals surface area contributed by atoms with Crippen LogP contribution in [0.15, 0.2) is 0 Å². The zero-order chi connectivity index (χ0) is 8.27. The van der Waals surface area contributed by atoms with Crippen molar-refractivity contribution < 1.29 is 0 Å². The Hall–Kier alpha value is 0.790. The Balaban J connectivity index is 2.48. The summed E-state index contributed by atoms with van der Waals surface area (Å²) in [5.74, 6) is 0. The molecule has 0 amide bonds. The average molecular weight is 258 g/mol. The molecule has 11 heavy (non-hydrogen) atoms. The SMILES string of the molecule is CC[N]1CC[N](CC)[In]1[CH2]C. The molecule has 0 aromatic carbocycles. The van der Waals surface area contributed by atoms with Crippen molar-refractivity contribution in [1.82, 2.24) is 5.78 Å². The topological polar surface area (TPSA) is 6.48 Å². The first kappa shape index (κ1) is 9.87. The van der Waals surface area contributed by atoms with Crippen LogP contribution in [-0.2, 0) is 0 Å². The molecule has 1 aliphatic rings. The van der Waals surface area contributed by atoms with E-state index < -0.39 is 22.0 Å². The molecule has 0 aliphatic carbocycles. The van der Waals surface area contributed by atoms with Crippen molar-refractivity contribution in [2.24, 2.45) is 0 Å².